The Balaban J connectivity index is 1.91. The summed E-state index contributed by atoms with van der Waals surface area (Å²) in [7, 11) is 0. The maximum Gasteiger partial charge on any atom is 0.0360 e. The molecular formula is C19H32N2. The molecule has 1 fully saturated rings. The van der Waals surface area contributed by atoms with Crippen molar-refractivity contribution >= 4 is 0 Å². The SMILES string of the molecule is CCN(CC)C1(C(N)CCCc2ccccc2)CCCC1. The molecule has 1 saturated carbocycles. The van der Waals surface area contributed by atoms with Crippen molar-refractivity contribution in [3.05, 3.63) is 35.9 Å². The Labute approximate surface area is 130 Å². The summed E-state index contributed by atoms with van der Waals surface area (Å²) in [4.78, 5) is 2.63. The Morgan fingerprint density at radius 2 is 1.71 bits per heavy atom. The van der Waals surface area contributed by atoms with E-state index < -0.39 is 0 Å². The standard InChI is InChI=1S/C19H32N2/c1-3-21(4-2)19(15-8-9-16-19)18(20)14-10-13-17-11-6-5-7-12-17/h5-7,11-12,18H,3-4,8-10,13-16,20H2,1-2H3. The highest BCUT2D eigenvalue weighted by Gasteiger charge is 2.42. The first kappa shape index (κ1) is 16.5. The molecule has 0 bridgehead atoms. The number of rotatable bonds is 8. The van der Waals surface area contributed by atoms with Crippen LogP contribution >= 0.6 is 0 Å². The van der Waals surface area contributed by atoms with E-state index in [-0.39, 0.29) is 5.54 Å². The zero-order valence-corrected chi connectivity index (χ0v) is 13.9. The summed E-state index contributed by atoms with van der Waals surface area (Å²) in [6.07, 6.45) is 8.79. The average molecular weight is 288 g/mol. The van der Waals surface area contributed by atoms with Crippen molar-refractivity contribution in [1.82, 2.24) is 4.90 Å². The van der Waals surface area contributed by atoms with Crippen molar-refractivity contribution in [3.63, 3.8) is 0 Å². The van der Waals surface area contributed by atoms with Crippen molar-refractivity contribution in [2.24, 2.45) is 5.73 Å². The topological polar surface area (TPSA) is 29.3 Å². The van der Waals surface area contributed by atoms with E-state index in [9.17, 15) is 0 Å². The molecule has 2 rings (SSSR count). The first-order valence-electron chi connectivity index (χ1n) is 8.77. The molecule has 2 N–H and O–H groups in total. The molecule has 1 atom stereocenters. The van der Waals surface area contributed by atoms with Crippen molar-refractivity contribution in [2.75, 3.05) is 13.1 Å². The summed E-state index contributed by atoms with van der Waals surface area (Å²) < 4.78 is 0. The van der Waals surface area contributed by atoms with Crippen molar-refractivity contribution in [1.29, 1.82) is 0 Å². The Kier molecular flexibility index (Phi) is 6.25. The maximum atomic E-state index is 6.69. The van der Waals surface area contributed by atoms with Gasteiger partial charge in [-0.15, -0.1) is 0 Å². The molecule has 1 unspecified atom stereocenters. The molecule has 1 aliphatic rings. The third kappa shape index (κ3) is 3.87. The van der Waals surface area contributed by atoms with Gasteiger partial charge in [0.15, 0.2) is 0 Å². The molecule has 118 valence electrons. The lowest BCUT2D eigenvalue weighted by atomic mass is 9.83. The van der Waals surface area contributed by atoms with Crippen LogP contribution in [-0.4, -0.2) is 29.6 Å². The van der Waals surface area contributed by atoms with Crippen LogP contribution in [0.15, 0.2) is 30.3 Å². The first-order valence-corrected chi connectivity index (χ1v) is 8.77. The Bertz CT molecular complexity index is 391. The second-order valence-electron chi connectivity index (χ2n) is 6.47. The fourth-order valence-corrected chi connectivity index (χ4v) is 4.20. The highest BCUT2D eigenvalue weighted by atomic mass is 15.2. The van der Waals surface area contributed by atoms with Gasteiger partial charge in [-0.2, -0.15) is 0 Å². The van der Waals surface area contributed by atoms with E-state index >= 15 is 0 Å². The summed E-state index contributed by atoms with van der Waals surface area (Å²) in [5.74, 6) is 0. The van der Waals surface area contributed by atoms with Gasteiger partial charge in [0.1, 0.15) is 0 Å². The predicted octanol–water partition coefficient (Wildman–Crippen LogP) is 3.99. The number of nitrogens with two attached hydrogens (primary N) is 1. The van der Waals surface area contributed by atoms with E-state index in [0.29, 0.717) is 6.04 Å². The van der Waals surface area contributed by atoms with Crippen LogP contribution in [0, 0.1) is 0 Å². The van der Waals surface area contributed by atoms with Gasteiger partial charge in [0.25, 0.3) is 0 Å². The fourth-order valence-electron chi connectivity index (χ4n) is 4.20. The lowest BCUT2D eigenvalue weighted by molar-refractivity contribution is 0.0735. The largest absolute Gasteiger partial charge is 0.326 e. The second kappa shape index (κ2) is 7.95. The van der Waals surface area contributed by atoms with E-state index in [1.807, 2.05) is 0 Å². The Morgan fingerprint density at radius 3 is 2.29 bits per heavy atom. The number of hydrogen-bond donors (Lipinski definition) is 1. The number of aryl methyl sites for hydroxylation is 1. The highest BCUT2D eigenvalue weighted by Crippen LogP contribution is 2.38. The highest BCUT2D eigenvalue weighted by molar-refractivity contribution is 5.14. The summed E-state index contributed by atoms with van der Waals surface area (Å²) in [5.41, 5.74) is 8.40. The minimum absolute atomic E-state index is 0.278. The molecule has 2 heteroatoms. The molecule has 1 aliphatic carbocycles. The normalized spacial score (nSPS) is 19.0. The Morgan fingerprint density at radius 1 is 1.10 bits per heavy atom. The van der Waals surface area contributed by atoms with Gasteiger partial charge in [-0.05, 0) is 50.8 Å². The van der Waals surface area contributed by atoms with Crippen LogP contribution in [0.5, 0.6) is 0 Å². The van der Waals surface area contributed by atoms with Gasteiger partial charge in [-0.25, -0.2) is 0 Å². The number of nitrogens with zero attached hydrogens (tertiary/aromatic N) is 1. The van der Waals surface area contributed by atoms with Crippen molar-refractivity contribution < 1.29 is 0 Å². The number of hydrogen-bond acceptors (Lipinski definition) is 2. The lowest BCUT2D eigenvalue weighted by Gasteiger charge is -2.45. The van der Waals surface area contributed by atoms with Crippen LogP contribution in [0.1, 0.15) is 57.9 Å². The minimum atomic E-state index is 0.278. The zero-order valence-electron chi connectivity index (χ0n) is 13.9. The predicted molar refractivity (Wildman–Crippen MR) is 91.5 cm³/mol. The molecule has 2 nitrogen and oxygen atoms in total. The van der Waals surface area contributed by atoms with E-state index in [4.69, 9.17) is 5.73 Å². The zero-order chi connectivity index (χ0) is 15.1. The van der Waals surface area contributed by atoms with Gasteiger partial charge in [-0.1, -0.05) is 57.0 Å². The molecule has 0 amide bonds. The molecule has 21 heavy (non-hydrogen) atoms. The van der Waals surface area contributed by atoms with Crippen LogP contribution < -0.4 is 5.73 Å². The second-order valence-corrected chi connectivity index (χ2v) is 6.47. The summed E-state index contributed by atoms with van der Waals surface area (Å²) in [6, 6.07) is 11.1. The molecule has 0 radical (unpaired) electrons. The van der Waals surface area contributed by atoms with E-state index in [0.717, 1.165) is 25.9 Å². The molecule has 0 spiro atoms. The third-order valence-corrected chi connectivity index (χ3v) is 5.38. The quantitative estimate of drug-likeness (QED) is 0.783. The fraction of sp³-hybridized carbons (Fsp3) is 0.684. The van der Waals surface area contributed by atoms with Crippen molar-refractivity contribution in [3.8, 4) is 0 Å². The van der Waals surface area contributed by atoms with Gasteiger partial charge in [0.2, 0.25) is 0 Å². The molecule has 1 aromatic carbocycles. The molecule has 0 heterocycles. The Hall–Kier alpha value is -0.860. The van der Waals surface area contributed by atoms with E-state index in [1.54, 1.807) is 0 Å². The average Bonchev–Trinajstić information content (AvgIpc) is 3.00. The maximum absolute atomic E-state index is 6.69. The summed E-state index contributed by atoms with van der Waals surface area (Å²) in [5, 5.41) is 0. The smallest absolute Gasteiger partial charge is 0.0360 e. The van der Waals surface area contributed by atoms with Crippen molar-refractivity contribution in [2.45, 2.75) is 70.4 Å². The van der Waals surface area contributed by atoms with Gasteiger partial charge in [0.05, 0.1) is 0 Å². The summed E-state index contributed by atoms with van der Waals surface area (Å²) in [6.45, 7) is 6.81. The monoisotopic (exact) mass is 288 g/mol. The van der Waals surface area contributed by atoms with Crippen LogP contribution in [-0.2, 0) is 6.42 Å². The van der Waals surface area contributed by atoms with Crippen LogP contribution in [0.2, 0.25) is 0 Å². The molecule has 1 aromatic rings. The van der Waals surface area contributed by atoms with E-state index in [2.05, 4.69) is 49.1 Å². The van der Waals surface area contributed by atoms with Crippen LogP contribution in [0.25, 0.3) is 0 Å². The molecule has 0 aromatic heterocycles. The van der Waals surface area contributed by atoms with Crippen LogP contribution in [0.3, 0.4) is 0 Å². The first-order chi connectivity index (χ1) is 10.2. The van der Waals surface area contributed by atoms with Gasteiger partial charge in [-0.3, -0.25) is 4.90 Å². The number of benzene rings is 1. The molecule has 0 aliphatic heterocycles. The van der Waals surface area contributed by atoms with Gasteiger partial charge in [0, 0.05) is 11.6 Å². The summed E-state index contributed by atoms with van der Waals surface area (Å²) >= 11 is 0. The van der Waals surface area contributed by atoms with Crippen LogP contribution in [0.4, 0.5) is 0 Å². The van der Waals surface area contributed by atoms with Gasteiger partial charge >= 0.3 is 0 Å². The molecular weight excluding hydrogens is 256 g/mol. The van der Waals surface area contributed by atoms with Gasteiger partial charge < -0.3 is 5.73 Å². The molecule has 0 saturated heterocycles. The third-order valence-electron chi connectivity index (χ3n) is 5.38. The minimum Gasteiger partial charge on any atom is -0.326 e. The number of likely N-dealkylation sites (N-methyl/N-ethyl adjacent to an activating group) is 1. The lowest BCUT2D eigenvalue weighted by Crippen LogP contribution is -2.58. The van der Waals surface area contributed by atoms with E-state index in [1.165, 1.54) is 37.7 Å².